The summed E-state index contributed by atoms with van der Waals surface area (Å²) in [6.07, 6.45) is 5.83. The van der Waals surface area contributed by atoms with Crippen LogP contribution in [0.25, 0.3) is 11.0 Å². The highest BCUT2D eigenvalue weighted by Gasteiger charge is 2.53. The number of carbonyl (C=O) groups is 2. The van der Waals surface area contributed by atoms with Crippen LogP contribution in [0.5, 0.6) is 0 Å². The van der Waals surface area contributed by atoms with Crippen molar-refractivity contribution in [2.24, 2.45) is 0 Å². The van der Waals surface area contributed by atoms with Crippen LogP contribution in [0.2, 0.25) is 5.02 Å². The number of benzene rings is 1. The minimum absolute atomic E-state index is 0.0159. The second-order valence-electron chi connectivity index (χ2n) is 10.5. The molecule has 1 spiro atoms. The lowest BCUT2D eigenvalue weighted by molar-refractivity contribution is -0.150. The SMILES string of the molecule is CC(C)(O)C(=O)N1CCC2(CC1)C(=O)N(Cc1nc3cc(Cl)ccc3n1CCCCO)c1cnccc12. The van der Waals surface area contributed by atoms with Crippen molar-refractivity contribution in [2.45, 2.75) is 63.6 Å². The first-order chi connectivity index (χ1) is 17.7. The first kappa shape index (κ1) is 25.6. The Kier molecular flexibility index (Phi) is 6.72. The topological polar surface area (TPSA) is 112 Å². The predicted molar refractivity (Wildman–Crippen MR) is 140 cm³/mol. The highest BCUT2D eigenvalue weighted by atomic mass is 35.5. The molecule has 2 aromatic heterocycles. The molecule has 2 aliphatic rings. The number of aliphatic hydroxyl groups is 2. The smallest absolute Gasteiger partial charge is 0.253 e. The number of aromatic nitrogens is 3. The number of nitrogens with zero attached hydrogens (tertiary/aromatic N) is 5. The molecule has 0 atom stereocenters. The molecule has 37 heavy (non-hydrogen) atoms. The summed E-state index contributed by atoms with van der Waals surface area (Å²) in [6.45, 7) is 4.82. The van der Waals surface area contributed by atoms with Crippen LogP contribution in [-0.4, -0.2) is 66.8 Å². The molecule has 2 aliphatic heterocycles. The third kappa shape index (κ3) is 4.49. The largest absolute Gasteiger partial charge is 0.396 e. The molecular formula is C27H32ClN5O4. The lowest BCUT2D eigenvalue weighted by atomic mass is 9.73. The number of aryl methyl sites for hydroxylation is 1. The van der Waals surface area contributed by atoms with Gasteiger partial charge in [-0.15, -0.1) is 0 Å². The van der Waals surface area contributed by atoms with E-state index in [4.69, 9.17) is 16.6 Å². The second-order valence-corrected chi connectivity index (χ2v) is 10.9. The molecule has 10 heteroatoms. The van der Waals surface area contributed by atoms with Crippen LogP contribution >= 0.6 is 11.6 Å². The number of halogens is 1. The number of carbonyl (C=O) groups excluding carboxylic acids is 2. The number of pyridine rings is 1. The molecular weight excluding hydrogens is 494 g/mol. The van der Waals surface area contributed by atoms with E-state index in [1.807, 2.05) is 24.3 Å². The predicted octanol–water partition coefficient (Wildman–Crippen LogP) is 3.04. The summed E-state index contributed by atoms with van der Waals surface area (Å²) in [5.74, 6) is 0.401. The van der Waals surface area contributed by atoms with Gasteiger partial charge in [-0.25, -0.2) is 4.98 Å². The molecule has 2 amide bonds. The third-order valence-corrected chi connectivity index (χ3v) is 7.80. The van der Waals surface area contributed by atoms with Gasteiger partial charge >= 0.3 is 0 Å². The van der Waals surface area contributed by atoms with Crippen LogP contribution in [0.3, 0.4) is 0 Å². The van der Waals surface area contributed by atoms with Crippen LogP contribution in [0.1, 0.15) is 50.9 Å². The van der Waals surface area contributed by atoms with Gasteiger partial charge < -0.3 is 24.6 Å². The Labute approximate surface area is 220 Å². The van der Waals surface area contributed by atoms with E-state index in [-0.39, 0.29) is 25.0 Å². The molecule has 0 saturated carbocycles. The van der Waals surface area contributed by atoms with E-state index in [2.05, 4.69) is 9.55 Å². The molecule has 1 fully saturated rings. The lowest BCUT2D eigenvalue weighted by Gasteiger charge is -2.40. The molecule has 0 bridgehead atoms. The van der Waals surface area contributed by atoms with Crippen molar-refractivity contribution < 1.29 is 19.8 Å². The van der Waals surface area contributed by atoms with Gasteiger partial charge in [0.15, 0.2) is 0 Å². The normalized spacial score (nSPS) is 17.2. The average Bonchev–Trinajstić information content (AvgIpc) is 3.32. The van der Waals surface area contributed by atoms with E-state index < -0.39 is 11.0 Å². The van der Waals surface area contributed by atoms with Gasteiger partial charge in [-0.3, -0.25) is 14.6 Å². The fourth-order valence-corrected chi connectivity index (χ4v) is 5.82. The van der Waals surface area contributed by atoms with E-state index >= 15 is 0 Å². The lowest BCUT2D eigenvalue weighted by Crippen LogP contribution is -2.54. The Bertz CT molecular complexity index is 1340. The quantitative estimate of drug-likeness (QED) is 0.459. The fourth-order valence-electron chi connectivity index (χ4n) is 5.65. The monoisotopic (exact) mass is 525 g/mol. The molecule has 0 radical (unpaired) electrons. The van der Waals surface area contributed by atoms with Crippen molar-refractivity contribution in [3.8, 4) is 0 Å². The van der Waals surface area contributed by atoms with Gasteiger partial charge in [0.25, 0.3) is 5.91 Å². The van der Waals surface area contributed by atoms with E-state index in [1.165, 1.54) is 13.8 Å². The Hall–Kier alpha value is -3.01. The molecule has 3 aromatic rings. The molecule has 2 N–H and O–H groups in total. The number of amides is 2. The molecule has 5 rings (SSSR count). The molecule has 0 aliphatic carbocycles. The summed E-state index contributed by atoms with van der Waals surface area (Å²) in [5, 5.41) is 20.1. The minimum atomic E-state index is -1.45. The van der Waals surface area contributed by atoms with Crippen molar-refractivity contribution in [3.05, 3.63) is 53.1 Å². The van der Waals surface area contributed by atoms with Crippen molar-refractivity contribution >= 4 is 40.1 Å². The second kappa shape index (κ2) is 9.70. The summed E-state index contributed by atoms with van der Waals surface area (Å²) >= 11 is 6.23. The van der Waals surface area contributed by atoms with E-state index in [9.17, 15) is 19.8 Å². The maximum atomic E-state index is 14.1. The van der Waals surface area contributed by atoms with Crippen molar-refractivity contribution in [1.29, 1.82) is 0 Å². The van der Waals surface area contributed by atoms with Crippen LogP contribution in [-0.2, 0) is 28.1 Å². The highest BCUT2D eigenvalue weighted by molar-refractivity contribution is 6.31. The van der Waals surface area contributed by atoms with Crippen LogP contribution < -0.4 is 4.90 Å². The van der Waals surface area contributed by atoms with Crippen LogP contribution in [0.15, 0.2) is 36.7 Å². The fraction of sp³-hybridized carbons (Fsp3) is 0.481. The van der Waals surface area contributed by atoms with Gasteiger partial charge in [0.1, 0.15) is 11.4 Å². The molecule has 1 aromatic carbocycles. The van der Waals surface area contributed by atoms with Crippen molar-refractivity contribution in [1.82, 2.24) is 19.4 Å². The highest BCUT2D eigenvalue weighted by Crippen LogP contribution is 2.48. The number of imidazole rings is 1. The van der Waals surface area contributed by atoms with Gasteiger partial charge in [0.2, 0.25) is 5.91 Å². The van der Waals surface area contributed by atoms with Crippen molar-refractivity contribution in [2.75, 3.05) is 24.6 Å². The maximum absolute atomic E-state index is 14.1. The van der Waals surface area contributed by atoms with Gasteiger partial charge in [0.05, 0.1) is 34.9 Å². The maximum Gasteiger partial charge on any atom is 0.253 e. The van der Waals surface area contributed by atoms with Crippen molar-refractivity contribution in [3.63, 3.8) is 0 Å². The number of piperidine rings is 1. The molecule has 4 heterocycles. The number of unbranched alkanes of at least 4 members (excludes halogenated alkanes) is 1. The zero-order valence-electron chi connectivity index (χ0n) is 21.2. The Morgan fingerprint density at radius 2 is 1.95 bits per heavy atom. The molecule has 9 nitrogen and oxygen atoms in total. The zero-order valence-corrected chi connectivity index (χ0v) is 21.9. The molecule has 0 unspecified atom stereocenters. The number of rotatable bonds is 7. The zero-order chi connectivity index (χ0) is 26.4. The summed E-state index contributed by atoms with van der Waals surface area (Å²) < 4.78 is 2.10. The summed E-state index contributed by atoms with van der Waals surface area (Å²) in [4.78, 5) is 39.3. The Morgan fingerprint density at radius 3 is 2.65 bits per heavy atom. The summed E-state index contributed by atoms with van der Waals surface area (Å²) in [6, 6.07) is 7.49. The average molecular weight is 526 g/mol. The number of likely N-dealkylation sites (tertiary alicyclic amines) is 1. The number of hydrogen-bond acceptors (Lipinski definition) is 6. The first-order valence-electron chi connectivity index (χ1n) is 12.7. The summed E-state index contributed by atoms with van der Waals surface area (Å²) in [5.41, 5.74) is 1.19. The van der Waals surface area contributed by atoms with Gasteiger partial charge in [-0.05, 0) is 69.4 Å². The summed E-state index contributed by atoms with van der Waals surface area (Å²) in [7, 11) is 0. The van der Waals surface area contributed by atoms with Crippen LogP contribution in [0.4, 0.5) is 5.69 Å². The number of fused-ring (bicyclic) bond motifs is 3. The van der Waals surface area contributed by atoms with Gasteiger partial charge in [0, 0.05) is 37.5 Å². The first-order valence-corrected chi connectivity index (χ1v) is 13.1. The number of hydrogen-bond donors (Lipinski definition) is 2. The van der Waals surface area contributed by atoms with E-state index in [0.717, 1.165) is 34.5 Å². The number of aliphatic hydroxyl groups excluding tert-OH is 1. The van der Waals surface area contributed by atoms with E-state index in [0.29, 0.717) is 43.9 Å². The molecule has 196 valence electrons. The molecule has 1 saturated heterocycles. The minimum Gasteiger partial charge on any atom is -0.396 e. The Morgan fingerprint density at radius 1 is 1.19 bits per heavy atom. The van der Waals surface area contributed by atoms with Gasteiger partial charge in [-0.1, -0.05) is 11.6 Å². The number of anilines is 1. The Balaban J connectivity index is 1.47. The van der Waals surface area contributed by atoms with Crippen LogP contribution in [0, 0.1) is 0 Å². The third-order valence-electron chi connectivity index (χ3n) is 7.57. The standard InChI is InChI=1S/C27H32ClN5O4/c1-26(2,37)24(35)31-12-8-27(9-13-31)19-7-10-29-16-22(19)33(25(27)36)17-23-30-20-15-18(28)5-6-21(20)32(23)11-3-4-14-34/h5-7,10,15-16,34,37H,3-4,8-9,11-14,17H2,1-2H3. The van der Waals surface area contributed by atoms with E-state index in [1.54, 1.807) is 22.2 Å². The van der Waals surface area contributed by atoms with Gasteiger partial charge in [-0.2, -0.15) is 0 Å².